The molecule has 3 aromatic carbocycles. The van der Waals surface area contributed by atoms with Gasteiger partial charge in [-0.2, -0.15) is 0 Å². The minimum atomic E-state index is -0.830. The van der Waals surface area contributed by atoms with Gasteiger partial charge in [0.2, 0.25) is 0 Å². The van der Waals surface area contributed by atoms with Gasteiger partial charge in [-0.15, -0.1) is 0 Å². The highest BCUT2D eigenvalue weighted by molar-refractivity contribution is 6.47. The lowest BCUT2D eigenvalue weighted by molar-refractivity contribution is -0.140. The summed E-state index contributed by atoms with van der Waals surface area (Å²) in [5, 5.41) is 11.5. The second-order valence-corrected chi connectivity index (χ2v) is 9.08. The van der Waals surface area contributed by atoms with Gasteiger partial charge in [-0.3, -0.25) is 9.59 Å². The van der Waals surface area contributed by atoms with E-state index in [4.69, 9.17) is 25.8 Å². The fourth-order valence-electron chi connectivity index (χ4n) is 4.20. The summed E-state index contributed by atoms with van der Waals surface area (Å²) in [4.78, 5) is 27.5. The van der Waals surface area contributed by atoms with E-state index in [2.05, 4.69) is 0 Å². The molecule has 7 nitrogen and oxygen atoms in total. The number of methoxy groups -OCH3 is 2. The molecule has 1 aliphatic rings. The fraction of sp³-hybridized carbons (Fsp3) is 0.241. The predicted molar refractivity (Wildman–Crippen MR) is 141 cm³/mol. The minimum absolute atomic E-state index is 0.0513. The summed E-state index contributed by atoms with van der Waals surface area (Å²) in [5.74, 6) is -0.799. The van der Waals surface area contributed by atoms with Crippen molar-refractivity contribution in [2.75, 3.05) is 27.4 Å². The molecule has 0 saturated carbocycles. The summed E-state index contributed by atoms with van der Waals surface area (Å²) in [6.45, 7) is 2.82. The van der Waals surface area contributed by atoms with Crippen molar-refractivity contribution >= 4 is 29.1 Å². The van der Waals surface area contributed by atoms with Crippen LogP contribution in [0.1, 0.15) is 28.3 Å². The second kappa shape index (κ2) is 11.5. The fourth-order valence-corrected chi connectivity index (χ4v) is 4.41. The zero-order chi connectivity index (χ0) is 26.5. The Morgan fingerprint density at radius 1 is 0.973 bits per heavy atom. The van der Waals surface area contributed by atoms with Crippen LogP contribution < -0.4 is 9.47 Å². The van der Waals surface area contributed by atoms with Gasteiger partial charge >= 0.3 is 0 Å². The molecule has 0 spiro atoms. The Balaban J connectivity index is 1.69. The quantitative estimate of drug-likeness (QED) is 0.233. The summed E-state index contributed by atoms with van der Waals surface area (Å²) < 4.78 is 16.3. The van der Waals surface area contributed by atoms with Crippen molar-refractivity contribution in [1.29, 1.82) is 0 Å². The van der Waals surface area contributed by atoms with Crippen LogP contribution in [0.15, 0.2) is 72.3 Å². The normalized spacial score (nSPS) is 16.8. The first-order chi connectivity index (χ1) is 17.8. The van der Waals surface area contributed by atoms with Crippen LogP contribution in [0.3, 0.4) is 0 Å². The van der Waals surface area contributed by atoms with Crippen LogP contribution in [0.4, 0.5) is 0 Å². The molecule has 0 aromatic heterocycles. The topological polar surface area (TPSA) is 85.3 Å². The van der Waals surface area contributed by atoms with Gasteiger partial charge in [0.25, 0.3) is 11.7 Å². The lowest BCUT2D eigenvalue weighted by Gasteiger charge is -2.25. The van der Waals surface area contributed by atoms with Crippen molar-refractivity contribution in [2.45, 2.75) is 19.6 Å². The molecule has 0 radical (unpaired) electrons. The number of aliphatic hydroxyl groups is 1. The van der Waals surface area contributed by atoms with Crippen LogP contribution in [-0.4, -0.2) is 49.1 Å². The monoisotopic (exact) mass is 521 g/mol. The molecule has 0 bridgehead atoms. The average molecular weight is 522 g/mol. The Hall–Kier alpha value is -3.81. The minimum Gasteiger partial charge on any atom is -0.507 e. The summed E-state index contributed by atoms with van der Waals surface area (Å²) in [6.07, 6.45) is 0. The third kappa shape index (κ3) is 5.63. The van der Waals surface area contributed by atoms with Crippen LogP contribution in [0, 0.1) is 6.92 Å². The van der Waals surface area contributed by atoms with E-state index in [1.54, 1.807) is 36.4 Å². The van der Waals surface area contributed by atoms with Crippen molar-refractivity contribution in [3.8, 4) is 11.5 Å². The Morgan fingerprint density at radius 2 is 1.65 bits per heavy atom. The van der Waals surface area contributed by atoms with Crippen LogP contribution in [0.2, 0.25) is 5.02 Å². The number of hydrogen-bond donors (Lipinski definition) is 1. The van der Waals surface area contributed by atoms with Gasteiger partial charge in [-0.1, -0.05) is 53.6 Å². The maximum Gasteiger partial charge on any atom is 0.295 e. The number of nitrogens with zero attached hydrogens (tertiary/aromatic N) is 1. The van der Waals surface area contributed by atoms with Crippen molar-refractivity contribution in [3.05, 3.63) is 99.6 Å². The van der Waals surface area contributed by atoms with E-state index < -0.39 is 17.7 Å². The van der Waals surface area contributed by atoms with Gasteiger partial charge in [-0.05, 0) is 48.4 Å². The molecule has 1 heterocycles. The van der Waals surface area contributed by atoms with E-state index in [0.29, 0.717) is 23.7 Å². The largest absolute Gasteiger partial charge is 0.507 e. The van der Waals surface area contributed by atoms with Gasteiger partial charge in [0.1, 0.15) is 23.9 Å². The summed E-state index contributed by atoms with van der Waals surface area (Å²) >= 11 is 6.34. The van der Waals surface area contributed by atoms with Crippen molar-refractivity contribution < 1.29 is 28.9 Å². The van der Waals surface area contributed by atoms with Crippen LogP contribution >= 0.6 is 11.6 Å². The molecule has 1 unspecified atom stereocenters. The number of ether oxygens (including phenoxy) is 3. The molecule has 8 heteroatoms. The first-order valence-electron chi connectivity index (χ1n) is 11.7. The van der Waals surface area contributed by atoms with Gasteiger partial charge in [0, 0.05) is 19.2 Å². The molecular weight excluding hydrogens is 494 g/mol. The summed E-state index contributed by atoms with van der Waals surface area (Å²) in [6, 6.07) is 19.1. The van der Waals surface area contributed by atoms with Gasteiger partial charge < -0.3 is 24.2 Å². The number of rotatable bonds is 9. The molecule has 1 N–H and O–H groups in total. The molecule has 4 rings (SSSR count). The highest BCUT2D eigenvalue weighted by atomic mass is 35.5. The van der Waals surface area contributed by atoms with Crippen LogP contribution in [0.5, 0.6) is 11.5 Å². The molecule has 1 atom stereocenters. The molecule has 1 fully saturated rings. The SMILES string of the molecule is COCCN1C(=O)C(=O)/C(=C(/O)c2cc(OC)ccc2Cl)C1c1ccc(OCc2ccc(C)cc2)cc1. The third-order valence-electron chi connectivity index (χ3n) is 6.23. The van der Waals surface area contributed by atoms with E-state index in [0.717, 1.165) is 5.56 Å². The maximum absolute atomic E-state index is 13.1. The standard InChI is InChI=1S/C29H28ClNO6/c1-18-4-6-19(7-5-18)17-37-21-10-8-20(9-11-21)26-25(28(33)29(34)31(26)14-15-35-2)27(32)23-16-22(36-3)12-13-24(23)30/h4-13,16,26,32H,14-15,17H2,1-3H3/b27-25+. The van der Waals surface area contributed by atoms with Crippen molar-refractivity contribution in [3.63, 3.8) is 0 Å². The molecular formula is C29H28ClNO6. The van der Waals surface area contributed by atoms with E-state index in [1.807, 2.05) is 31.2 Å². The Bertz CT molecular complexity index is 1320. The number of likely N-dealkylation sites (tertiary alicyclic amines) is 1. The number of benzene rings is 3. The zero-order valence-electron chi connectivity index (χ0n) is 20.9. The number of aliphatic hydroxyl groups excluding tert-OH is 1. The smallest absolute Gasteiger partial charge is 0.295 e. The van der Waals surface area contributed by atoms with Crippen LogP contribution in [0.25, 0.3) is 5.76 Å². The number of ketones is 1. The Labute approximate surface area is 220 Å². The summed E-state index contributed by atoms with van der Waals surface area (Å²) in [7, 11) is 3.00. The first-order valence-corrected chi connectivity index (χ1v) is 12.1. The number of aryl methyl sites for hydroxylation is 1. The zero-order valence-corrected chi connectivity index (χ0v) is 21.6. The van der Waals surface area contributed by atoms with E-state index in [-0.39, 0.29) is 35.1 Å². The Morgan fingerprint density at radius 3 is 2.30 bits per heavy atom. The first kappa shape index (κ1) is 26.3. The Kier molecular flexibility index (Phi) is 8.16. The molecule has 192 valence electrons. The van der Waals surface area contributed by atoms with E-state index in [1.165, 1.54) is 30.7 Å². The van der Waals surface area contributed by atoms with Gasteiger partial charge in [0.05, 0.1) is 30.4 Å². The molecule has 1 aliphatic heterocycles. The highest BCUT2D eigenvalue weighted by Crippen LogP contribution is 2.41. The van der Waals surface area contributed by atoms with Gasteiger partial charge in [0.15, 0.2) is 0 Å². The maximum atomic E-state index is 13.1. The number of halogens is 1. The van der Waals surface area contributed by atoms with Gasteiger partial charge in [-0.25, -0.2) is 0 Å². The molecule has 1 saturated heterocycles. The molecule has 37 heavy (non-hydrogen) atoms. The lowest BCUT2D eigenvalue weighted by Crippen LogP contribution is -2.32. The molecule has 1 amide bonds. The van der Waals surface area contributed by atoms with Crippen LogP contribution in [-0.2, 0) is 20.9 Å². The van der Waals surface area contributed by atoms with Crippen molar-refractivity contribution in [1.82, 2.24) is 4.90 Å². The number of Topliss-reactive ketones (excluding diaryl/α,β-unsaturated/α-hetero) is 1. The number of carbonyl (C=O) groups is 2. The number of hydrogen-bond acceptors (Lipinski definition) is 6. The van der Waals surface area contributed by atoms with E-state index >= 15 is 0 Å². The predicted octanol–water partition coefficient (Wildman–Crippen LogP) is 5.30. The van der Waals surface area contributed by atoms with E-state index in [9.17, 15) is 14.7 Å². The summed E-state index contributed by atoms with van der Waals surface area (Å²) in [5.41, 5.74) is 3.00. The average Bonchev–Trinajstić information content (AvgIpc) is 3.16. The lowest BCUT2D eigenvalue weighted by atomic mass is 9.95. The molecule has 3 aromatic rings. The third-order valence-corrected chi connectivity index (χ3v) is 6.56. The highest BCUT2D eigenvalue weighted by Gasteiger charge is 2.46. The van der Waals surface area contributed by atoms with Crippen molar-refractivity contribution in [2.24, 2.45) is 0 Å². The number of carbonyl (C=O) groups excluding carboxylic acids is 2. The molecule has 0 aliphatic carbocycles. The second-order valence-electron chi connectivity index (χ2n) is 8.67. The number of amides is 1.